The van der Waals surface area contributed by atoms with Gasteiger partial charge in [0.05, 0.1) is 5.39 Å². The molecule has 2 heterocycles. The Hall–Kier alpha value is -1.36. The average Bonchev–Trinajstić information content (AvgIpc) is 2.73. The fourth-order valence-corrected chi connectivity index (χ4v) is 4.08. The van der Waals surface area contributed by atoms with E-state index in [1.807, 2.05) is 0 Å². The lowest BCUT2D eigenvalue weighted by molar-refractivity contribution is 0.508. The summed E-state index contributed by atoms with van der Waals surface area (Å²) in [6.07, 6.45) is 4.96. The Morgan fingerprint density at radius 2 is 2.32 bits per heavy atom. The van der Waals surface area contributed by atoms with Crippen LogP contribution in [-0.4, -0.2) is 9.66 Å². The second-order valence-corrected chi connectivity index (χ2v) is 6.57. The summed E-state index contributed by atoms with van der Waals surface area (Å²) >= 11 is 1.68. The van der Waals surface area contributed by atoms with E-state index in [0.717, 1.165) is 35.9 Å². The van der Waals surface area contributed by atoms with E-state index in [4.69, 9.17) is 5.84 Å². The number of fused-ring (bicyclic) bond motifs is 3. The van der Waals surface area contributed by atoms with Crippen LogP contribution < -0.4 is 11.4 Å². The molecule has 0 amide bonds. The van der Waals surface area contributed by atoms with Gasteiger partial charge in [-0.25, -0.2) is 9.66 Å². The maximum atomic E-state index is 12.5. The van der Waals surface area contributed by atoms with Crippen LogP contribution in [0.25, 0.3) is 10.2 Å². The molecule has 1 aliphatic rings. The quantitative estimate of drug-likeness (QED) is 0.856. The van der Waals surface area contributed by atoms with Crippen molar-refractivity contribution >= 4 is 21.6 Å². The molecule has 0 saturated heterocycles. The molecule has 2 aromatic rings. The molecule has 3 rings (SSSR count). The highest BCUT2D eigenvalue weighted by molar-refractivity contribution is 7.18. The zero-order valence-corrected chi connectivity index (χ0v) is 12.2. The number of nitrogens with zero attached hydrogens (tertiary/aromatic N) is 2. The number of rotatable bonds is 2. The Balaban J connectivity index is 2.27. The summed E-state index contributed by atoms with van der Waals surface area (Å²) in [6.45, 7) is 4.31. The number of hydrogen-bond acceptors (Lipinski definition) is 4. The molecular weight excluding hydrogens is 258 g/mol. The van der Waals surface area contributed by atoms with E-state index < -0.39 is 0 Å². The molecule has 1 atom stereocenters. The van der Waals surface area contributed by atoms with E-state index in [9.17, 15) is 4.79 Å². The lowest BCUT2D eigenvalue weighted by atomic mass is 9.89. The van der Waals surface area contributed by atoms with Gasteiger partial charge in [0.15, 0.2) is 0 Å². The zero-order chi connectivity index (χ0) is 13.6. The standard InChI is InChI=1S/C14H19N3OS/c1-3-4-11-16-13-12(14(18)17(11)15)9-7-8(2)5-6-10(9)19-13/h8H,3-7,15H2,1-2H3/t8-/m1/s1. The maximum absolute atomic E-state index is 12.5. The largest absolute Gasteiger partial charge is 0.335 e. The van der Waals surface area contributed by atoms with Crippen LogP contribution in [0, 0.1) is 5.92 Å². The number of hydrogen-bond donors (Lipinski definition) is 1. The number of nitrogens with two attached hydrogens (primary N) is 1. The lowest BCUT2D eigenvalue weighted by Gasteiger charge is -2.17. The molecule has 0 saturated carbocycles. The van der Waals surface area contributed by atoms with Crippen molar-refractivity contribution in [2.45, 2.75) is 46.0 Å². The van der Waals surface area contributed by atoms with Crippen molar-refractivity contribution in [1.29, 1.82) is 0 Å². The van der Waals surface area contributed by atoms with Crippen LogP contribution >= 0.6 is 11.3 Å². The molecule has 2 N–H and O–H groups in total. The molecule has 0 aliphatic heterocycles. The Morgan fingerprint density at radius 1 is 1.53 bits per heavy atom. The minimum absolute atomic E-state index is 0.0694. The number of nitrogen functional groups attached to an aromatic ring is 1. The van der Waals surface area contributed by atoms with Crippen molar-refractivity contribution in [3.8, 4) is 0 Å². The Labute approximate surface area is 116 Å². The highest BCUT2D eigenvalue weighted by atomic mass is 32.1. The molecule has 0 spiro atoms. The molecule has 0 radical (unpaired) electrons. The summed E-state index contributed by atoms with van der Waals surface area (Å²) in [7, 11) is 0. The van der Waals surface area contributed by atoms with E-state index in [0.29, 0.717) is 11.7 Å². The van der Waals surface area contributed by atoms with Gasteiger partial charge in [0.2, 0.25) is 0 Å². The molecule has 0 bridgehead atoms. The zero-order valence-electron chi connectivity index (χ0n) is 11.4. The summed E-state index contributed by atoms with van der Waals surface area (Å²) in [4.78, 5) is 19.3. The van der Waals surface area contributed by atoms with Crippen LogP contribution in [-0.2, 0) is 19.3 Å². The van der Waals surface area contributed by atoms with Gasteiger partial charge in [0, 0.05) is 11.3 Å². The molecule has 19 heavy (non-hydrogen) atoms. The minimum atomic E-state index is -0.0694. The highest BCUT2D eigenvalue weighted by Gasteiger charge is 2.24. The summed E-state index contributed by atoms with van der Waals surface area (Å²) in [6, 6.07) is 0. The lowest BCUT2D eigenvalue weighted by Crippen LogP contribution is -2.32. The van der Waals surface area contributed by atoms with Crippen molar-refractivity contribution in [2.24, 2.45) is 5.92 Å². The third-order valence-corrected chi connectivity index (χ3v) is 5.09. The van der Waals surface area contributed by atoms with Crippen LogP contribution in [0.1, 0.15) is 43.0 Å². The molecule has 4 nitrogen and oxygen atoms in total. The van der Waals surface area contributed by atoms with E-state index in [-0.39, 0.29) is 5.56 Å². The highest BCUT2D eigenvalue weighted by Crippen LogP contribution is 2.35. The predicted octanol–water partition coefficient (Wildman–Crippen LogP) is 2.25. The fourth-order valence-electron chi connectivity index (χ4n) is 2.85. The SMILES string of the molecule is CCCc1nc2sc3c(c2c(=O)n1N)C[C@H](C)CC3. The van der Waals surface area contributed by atoms with Crippen molar-refractivity contribution < 1.29 is 0 Å². The maximum Gasteiger partial charge on any atom is 0.280 e. The van der Waals surface area contributed by atoms with Gasteiger partial charge in [-0.1, -0.05) is 13.8 Å². The minimum Gasteiger partial charge on any atom is -0.335 e. The smallest absolute Gasteiger partial charge is 0.280 e. The van der Waals surface area contributed by atoms with Crippen LogP contribution in [0.15, 0.2) is 4.79 Å². The van der Waals surface area contributed by atoms with Gasteiger partial charge in [-0.15, -0.1) is 11.3 Å². The predicted molar refractivity (Wildman–Crippen MR) is 79.2 cm³/mol. The summed E-state index contributed by atoms with van der Waals surface area (Å²) in [5.41, 5.74) is 1.14. The van der Waals surface area contributed by atoms with Crippen molar-refractivity contribution in [1.82, 2.24) is 9.66 Å². The molecule has 1 aliphatic carbocycles. The van der Waals surface area contributed by atoms with Crippen LogP contribution in [0.3, 0.4) is 0 Å². The van der Waals surface area contributed by atoms with Crippen molar-refractivity contribution in [3.05, 3.63) is 26.6 Å². The van der Waals surface area contributed by atoms with Gasteiger partial charge in [-0.3, -0.25) is 4.79 Å². The number of thiophene rings is 1. The van der Waals surface area contributed by atoms with Crippen molar-refractivity contribution in [3.63, 3.8) is 0 Å². The Morgan fingerprint density at radius 3 is 3.05 bits per heavy atom. The van der Waals surface area contributed by atoms with E-state index in [1.165, 1.54) is 21.5 Å². The van der Waals surface area contributed by atoms with Gasteiger partial charge in [0.1, 0.15) is 10.7 Å². The van der Waals surface area contributed by atoms with Gasteiger partial charge in [-0.05, 0) is 37.2 Å². The number of aromatic nitrogens is 2. The van der Waals surface area contributed by atoms with E-state index >= 15 is 0 Å². The first-order chi connectivity index (χ1) is 9.11. The van der Waals surface area contributed by atoms with Crippen molar-refractivity contribution in [2.75, 3.05) is 5.84 Å². The van der Waals surface area contributed by atoms with Gasteiger partial charge >= 0.3 is 0 Å². The molecule has 0 fully saturated rings. The van der Waals surface area contributed by atoms with Crippen LogP contribution in [0.2, 0.25) is 0 Å². The van der Waals surface area contributed by atoms with E-state index in [2.05, 4.69) is 18.8 Å². The second-order valence-electron chi connectivity index (χ2n) is 5.49. The van der Waals surface area contributed by atoms with Gasteiger partial charge in [0.25, 0.3) is 5.56 Å². The summed E-state index contributed by atoms with van der Waals surface area (Å²) < 4.78 is 1.25. The Kier molecular flexibility index (Phi) is 3.09. The summed E-state index contributed by atoms with van der Waals surface area (Å²) in [5, 5.41) is 0.772. The monoisotopic (exact) mass is 277 g/mol. The first kappa shape index (κ1) is 12.7. The number of aryl methyl sites for hydroxylation is 2. The molecule has 102 valence electrons. The van der Waals surface area contributed by atoms with Gasteiger partial charge < -0.3 is 5.84 Å². The average molecular weight is 277 g/mol. The molecule has 5 heteroatoms. The third kappa shape index (κ3) is 1.96. The first-order valence-electron chi connectivity index (χ1n) is 6.93. The molecular formula is C14H19N3OS. The Bertz CT molecular complexity index is 686. The molecule has 0 aromatic carbocycles. The normalized spacial score (nSPS) is 18.7. The molecule has 2 aromatic heterocycles. The topological polar surface area (TPSA) is 60.9 Å². The first-order valence-corrected chi connectivity index (χ1v) is 7.74. The van der Waals surface area contributed by atoms with E-state index in [1.54, 1.807) is 11.3 Å². The fraction of sp³-hybridized carbons (Fsp3) is 0.571. The second kappa shape index (κ2) is 4.63. The third-order valence-electron chi connectivity index (χ3n) is 3.90. The van der Waals surface area contributed by atoms with Crippen LogP contribution in [0.4, 0.5) is 0 Å². The van der Waals surface area contributed by atoms with Crippen LogP contribution in [0.5, 0.6) is 0 Å². The van der Waals surface area contributed by atoms with Gasteiger partial charge in [-0.2, -0.15) is 0 Å². The molecule has 0 unspecified atom stereocenters. The summed E-state index contributed by atoms with van der Waals surface area (Å²) in [5.74, 6) is 7.25.